The highest BCUT2D eigenvalue weighted by Crippen LogP contribution is 2.40. The molecule has 0 spiro atoms. The van der Waals surface area contributed by atoms with Gasteiger partial charge in [0.1, 0.15) is 0 Å². The maximum Gasteiger partial charge on any atom is 0.258 e. The number of thiophene rings is 1. The number of amides is 1. The summed E-state index contributed by atoms with van der Waals surface area (Å²) < 4.78 is 0. The van der Waals surface area contributed by atoms with Gasteiger partial charge >= 0.3 is 0 Å². The van der Waals surface area contributed by atoms with Crippen LogP contribution in [0, 0.1) is 11.8 Å². The van der Waals surface area contributed by atoms with Crippen LogP contribution in [0.1, 0.15) is 39.7 Å². The van der Waals surface area contributed by atoms with Gasteiger partial charge in [-0.05, 0) is 18.9 Å². The van der Waals surface area contributed by atoms with Crippen LogP contribution in [0.5, 0.6) is 0 Å². The second-order valence-corrected chi connectivity index (χ2v) is 6.28. The molecule has 2 aromatic heterocycles. The Morgan fingerprint density at radius 3 is 3.05 bits per heavy atom. The number of thiazole rings is 1. The van der Waals surface area contributed by atoms with Gasteiger partial charge in [0.05, 0.1) is 22.7 Å². The first-order valence-electron chi connectivity index (χ1n) is 6.30. The fourth-order valence-electron chi connectivity index (χ4n) is 1.74. The van der Waals surface area contributed by atoms with Crippen molar-refractivity contribution in [3.8, 4) is 11.8 Å². The number of carbonyl (C=O) groups is 1. The van der Waals surface area contributed by atoms with E-state index >= 15 is 0 Å². The molecule has 0 bridgehead atoms. The van der Waals surface area contributed by atoms with Crippen LogP contribution in [0.4, 0.5) is 5.13 Å². The minimum atomic E-state index is -0.140. The Bertz CT molecular complexity index is 689. The summed E-state index contributed by atoms with van der Waals surface area (Å²) in [5.41, 5.74) is 7.03. The number of nitrogens with one attached hydrogen (secondary N) is 1. The Balaban J connectivity index is 1.67. The molecule has 3 N–H and O–H groups in total. The molecular weight excluding hydrogens is 290 g/mol. The van der Waals surface area contributed by atoms with Crippen LogP contribution in [0.2, 0.25) is 0 Å². The fourth-order valence-corrected chi connectivity index (χ4v) is 3.28. The number of nitrogens with zero attached hydrogens (tertiary/aromatic N) is 1. The number of hydrogen-bond donors (Lipinski definition) is 2. The summed E-state index contributed by atoms with van der Waals surface area (Å²) >= 11 is 2.92. The lowest BCUT2D eigenvalue weighted by molar-refractivity contribution is 0.102. The quantitative estimate of drug-likeness (QED) is 0.857. The van der Waals surface area contributed by atoms with E-state index in [0.717, 1.165) is 10.6 Å². The minimum absolute atomic E-state index is 0.140. The van der Waals surface area contributed by atoms with Gasteiger partial charge in [0.25, 0.3) is 5.91 Å². The van der Waals surface area contributed by atoms with Crippen LogP contribution in [0.15, 0.2) is 16.8 Å². The van der Waals surface area contributed by atoms with E-state index in [2.05, 4.69) is 22.1 Å². The zero-order valence-electron chi connectivity index (χ0n) is 10.7. The lowest BCUT2D eigenvalue weighted by atomic mass is 10.3. The van der Waals surface area contributed by atoms with E-state index in [1.54, 1.807) is 11.4 Å². The molecule has 1 aliphatic rings. The molecule has 20 heavy (non-hydrogen) atoms. The van der Waals surface area contributed by atoms with Crippen molar-refractivity contribution < 1.29 is 4.79 Å². The molecule has 2 heterocycles. The van der Waals surface area contributed by atoms with Gasteiger partial charge in [-0.15, -0.1) is 22.7 Å². The van der Waals surface area contributed by atoms with Crippen molar-refractivity contribution in [2.45, 2.75) is 18.8 Å². The molecule has 1 fully saturated rings. The smallest absolute Gasteiger partial charge is 0.258 e. The highest BCUT2D eigenvalue weighted by atomic mass is 32.1. The van der Waals surface area contributed by atoms with E-state index in [9.17, 15) is 4.79 Å². The standard InChI is InChI=1S/C14H13N3OS2/c15-5-1-2-11-6-10(7-19-11)13(18)17-14-16-12(8-20-14)9-3-4-9/h6-9H,3-5,15H2,(H,16,17,18). The van der Waals surface area contributed by atoms with Crippen LogP contribution in [-0.4, -0.2) is 17.4 Å². The molecule has 6 heteroatoms. The average molecular weight is 303 g/mol. The predicted molar refractivity (Wildman–Crippen MR) is 82.3 cm³/mol. The minimum Gasteiger partial charge on any atom is -0.320 e. The molecular formula is C14H13N3OS2. The van der Waals surface area contributed by atoms with Crippen molar-refractivity contribution in [2.24, 2.45) is 5.73 Å². The van der Waals surface area contributed by atoms with Gasteiger partial charge in [0.2, 0.25) is 0 Å². The van der Waals surface area contributed by atoms with Crippen molar-refractivity contribution in [2.75, 3.05) is 11.9 Å². The first-order valence-corrected chi connectivity index (χ1v) is 8.06. The van der Waals surface area contributed by atoms with Crippen molar-refractivity contribution in [1.29, 1.82) is 0 Å². The second-order valence-electron chi connectivity index (χ2n) is 4.51. The summed E-state index contributed by atoms with van der Waals surface area (Å²) in [6.45, 7) is 0.322. The van der Waals surface area contributed by atoms with Crippen molar-refractivity contribution in [3.63, 3.8) is 0 Å². The van der Waals surface area contributed by atoms with Gasteiger partial charge in [0.15, 0.2) is 5.13 Å². The number of carbonyl (C=O) groups excluding carboxylic acids is 1. The summed E-state index contributed by atoms with van der Waals surface area (Å²) in [5, 5.41) is 7.32. The number of nitrogens with two attached hydrogens (primary N) is 1. The number of rotatable bonds is 3. The predicted octanol–water partition coefficient (Wildman–Crippen LogP) is 2.64. The average Bonchev–Trinajstić information content (AvgIpc) is 3.01. The SMILES string of the molecule is NCC#Cc1cc(C(=O)Nc2nc(C3CC3)cs2)cs1. The van der Waals surface area contributed by atoms with Crippen LogP contribution >= 0.6 is 22.7 Å². The molecule has 3 rings (SSSR count). The third kappa shape index (κ3) is 3.07. The summed E-state index contributed by atoms with van der Waals surface area (Å²) in [5.74, 6) is 6.16. The summed E-state index contributed by atoms with van der Waals surface area (Å²) in [4.78, 5) is 17.4. The van der Waals surface area contributed by atoms with Gasteiger partial charge in [-0.3, -0.25) is 10.1 Å². The lowest BCUT2D eigenvalue weighted by Crippen LogP contribution is -2.10. The molecule has 0 aromatic carbocycles. The van der Waals surface area contributed by atoms with E-state index in [-0.39, 0.29) is 5.91 Å². The molecule has 0 radical (unpaired) electrons. The van der Waals surface area contributed by atoms with E-state index in [1.165, 1.54) is 35.5 Å². The zero-order valence-corrected chi connectivity index (χ0v) is 12.3. The summed E-state index contributed by atoms with van der Waals surface area (Å²) in [6.07, 6.45) is 2.43. The molecule has 2 aromatic rings. The number of anilines is 1. The van der Waals surface area contributed by atoms with Crippen molar-refractivity contribution in [3.05, 3.63) is 33.0 Å². The topological polar surface area (TPSA) is 68.0 Å². The fraction of sp³-hybridized carbons (Fsp3) is 0.286. The molecule has 0 aliphatic heterocycles. The molecule has 102 valence electrons. The maximum atomic E-state index is 12.1. The molecule has 1 amide bonds. The van der Waals surface area contributed by atoms with Gasteiger partial charge in [-0.25, -0.2) is 4.98 Å². The van der Waals surface area contributed by atoms with Crippen LogP contribution < -0.4 is 11.1 Å². The highest BCUT2D eigenvalue weighted by Gasteiger charge is 2.26. The Labute approximate surface area is 125 Å². The van der Waals surface area contributed by atoms with Gasteiger partial charge < -0.3 is 5.73 Å². The van der Waals surface area contributed by atoms with Crippen LogP contribution in [-0.2, 0) is 0 Å². The Kier molecular flexibility index (Phi) is 3.83. The molecule has 0 unspecified atom stereocenters. The first-order chi connectivity index (χ1) is 9.76. The molecule has 1 aliphatic carbocycles. The molecule has 1 saturated carbocycles. The van der Waals surface area contributed by atoms with E-state index < -0.39 is 0 Å². The first kappa shape index (κ1) is 13.3. The van der Waals surface area contributed by atoms with Gasteiger partial charge in [-0.2, -0.15) is 0 Å². The van der Waals surface area contributed by atoms with E-state index in [4.69, 9.17) is 5.73 Å². The van der Waals surface area contributed by atoms with E-state index in [0.29, 0.717) is 23.2 Å². The largest absolute Gasteiger partial charge is 0.320 e. The lowest BCUT2D eigenvalue weighted by Gasteiger charge is -1.97. The Morgan fingerprint density at radius 1 is 1.45 bits per heavy atom. The monoisotopic (exact) mass is 303 g/mol. The van der Waals surface area contributed by atoms with Crippen molar-refractivity contribution in [1.82, 2.24) is 4.98 Å². The molecule has 4 nitrogen and oxygen atoms in total. The van der Waals surface area contributed by atoms with Crippen LogP contribution in [0.25, 0.3) is 0 Å². The Hall–Kier alpha value is -1.68. The highest BCUT2D eigenvalue weighted by molar-refractivity contribution is 7.14. The normalized spacial score (nSPS) is 13.7. The van der Waals surface area contributed by atoms with E-state index in [1.807, 2.05) is 5.38 Å². The molecule has 0 atom stereocenters. The van der Waals surface area contributed by atoms with Crippen LogP contribution in [0.3, 0.4) is 0 Å². The third-order valence-electron chi connectivity index (χ3n) is 2.91. The second kappa shape index (κ2) is 5.75. The number of aromatic nitrogens is 1. The zero-order chi connectivity index (χ0) is 13.9. The van der Waals surface area contributed by atoms with Gasteiger partial charge in [-0.1, -0.05) is 11.8 Å². The number of hydrogen-bond acceptors (Lipinski definition) is 5. The molecule has 0 saturated heterocycles. The third-order valence-corrected chi connectivity index (χ3v) is 4.53. The maximum absolute atomic E-state index is 12.1. The van der Waals surface area contributed by atoms with Crippen molar-refractivity contribution >= 4 is 33.7 Å². The summed E-state index contributed by atoms with van der Waals surface area (Å²) in [6, 6.07) is 1.78. The summed E-state index contributed by atoms with van der Waals surface area (Å²) in [7, 11) is 0. The van der Waals surface area contributed by atoms with Gasteiger partial charge in [0, 0.05) is 16.7 Å². The Morgan fingerprint density at radius 2 is 2.30 bits per heavy atom.